The Kier molecular flexibility index (Phi) is 2.96. The summed E-state index contributed by atoms with van der Waals surface area (Å²) in [5.41, 5.74) is 3.21. The van der Waals surface area contributed by atoms with Gasteiger partial charge in [0.1, 0.15) is 5.52 Å². The van der Waals surface area contributed by atoms with Crippen LogP contribution in [0.1, 0.15) is 19.0 Å². The Balaban J connectivity index is 2.69. The number of nitrogens with one attached hydrogen (secondary N) is 1. The van der Waals surface area contributed by atoms with Crippen LogP contribution in [0.5, 0.6) is 0 Å². The fourth-order valence-electron chi connectivity index (χ4n) is 1.99. The maximum absolute atomic E-state index is 5.29. The van der Waals surface area contributed by atoms with E-state index in [-0.39, 0.29) is 0 Å². The maximum atomic E-state index is 5.29. The van der Waals surface area contributed by atoms with Crippen molar-refractivity contribution >= 4 is 23.4 Å². The second-order valence-electron chi connectivity index (χ2n) is 3.85. The lowest BCUT2D eigenvalue weighted by atomic mass is 10.2. The molecule has 2 aromatic heterocycles. The summed E-state index contributed by atoms with van der Waals surface area (Å²) in [5, 5.41) is 4.51. The van der Waals surface area contributed by atoms with Gasteiger partial charge in [-0.15, -0.1) is 6.58 Å². The van der Waals surface area contributed by atoms with Crippen LogP contribution in [0.3, 0.4) is 0 Å². The molecule has 1 N–H and O–H groups in total. The van der Waals surface area contributed by atoms with Crippen LogP contribution in [0.2, 0.25) is 0 Å². The summed E-state index contributed by atoms with van der Waals surface area (Å²) in [6, 6.07) is 0. The molecule has 0 bridgehead atoms. The van der Waals surface area contributed by atoms with Crippen molar-refractivity contribution in [2.24, 2.45) is 7.05 Å². The highest BCUT2D eigenvalue weighted by Gasteiger charge is 2.13. The van der Waals surface area contributed by atoms with Crippen LogP contribution in [0.15, 0.2) is 12.7 Å². The van der Waals surface area contributed by atoms with Gasteiger partial charge in [0.25, 0.3) is 0 Å². The van der Waals surface area contributed by atoms with E-state index in [4.69, 9.17) is 12.2 Å². The molecule has 0 saturated carbocycles. The minimum Gasteiger partial charge on any atom is -0.328 e. The number of rotatable bonds is 4. The molecule has 0 radical (unpaired) electrons. The lowest BCUT2D eigenvalue weighted by molar-refractivity contribution is 0.708. The number of aromatic amines is 1. The van der Waals surface area contributed by atoms with Crippen LogP contribution < -0.4 is 0 Å². The highest BCUT2D eigenvalue weighted by Crippen LogP contribution is 2.18. The molecule has 4 nitrogen and oxygen atoms in total. The zero-order valence-electron chi connectivity index (χ0n) is 9.66. The Labute approximate surface area is 99.6 Å². The SMILES string of the molecule is C=CCn1c(=S)[nH]c2c(CCC)nn(C)c21. The Morgan fingerprint density at radius 3 is 2.94 bits per heavy atom. The summed E-state index contributed by atoms with van der Waals surface area (Å²) in [7, 11) is 1.95. The summed E-state index contributed by atoms with van der Waals surface area (Å²) < 4.78 is 4.64. The normalized spacial score (nSPS) is 11.1. The monoisotopic (exact) mass is 236 g/mol. The molecular formula is C11H16N4S. The Hall–Kier alpha value is -1.36. The number of nitrogens with zero attached hydrogens (tertiary/aromatic N) is 3. The zero-order chi connectivity index (χ0) is 11.7. The molecule has 0 aliphatic rings. The van der Waals surface area contributed by atoms with Crippen molar-refractivity contribution in [1.82, 2.24) is 19.3 Å². The Morgan fingerprint density at radius 2 is 2.31 bits per heavy atom. The number of H-pyrrole nitrogens is 1. The highest BCUT2D eigenvalue weighted by molar-refractivity contribution is 7.71. The van der Waals surface area contributed by atoms with Gasteiger partial charge in [0, 0.05) is 13.6 Å². The van der Waals surface area contributed by atoms with E-state index < -0.39 is 0 Å². The maximum Gasteiger partial charge on any atom is 0.179 e. The lowest BCUT2D eigenvalue weighted by Crippen LogP contribution is -2.01. The second kappa shape index (κ2) is 4.25. The van der Waals surface area contributed by atoms with Crippen molar-refractivity contribution in [2.45, 2.75) is 26.3 Å². The number of hydrogen-bond donors (Lipinski definition) is 1. The van der Waals surface area contributed by atoms with Crippen LogP contribution in [0, 0.1) is 4.77 Å². The first-order valence-corrected chi connectivity index (χ1v) is 5.85. The molecule has 0 aromatic carbocycles. The molecule has 86 valence electrons. The van der Waals surface area contributed by atoms with E-state index in [1.54, 1.807) is 0 Å². The molecule has 2 heterocycles. The molecule has 16 heavy (non-hydrogen) atoms. The fraction of sp³-hybridized carbons (Fsp3) is 0.455. The predicted molar refractivity (Wildman–Crippen MR) is 68.1 cm³/mol. The standard InChI is InChI=1S/C11H16N4S/c1-4-6-8-9-10(14(3)13-8)15(7-5-2)11(16)12-9/h5H,2,4,6-7H2,1,3H3,(H,12,16). The number of aromatic nitrogens is 4. The van der Waals surface area contributed by atoms with Gasteiger partial charge in [-0.3, -0.25) is 9.25 Å². The van der Waals surface area contributed by atoms with Crippen LogP contribution >= 0.6 is 12.2 Å². The summed E-state index contributed by atoms with van der Waals surface area (Å²) in [4.78, 5) is 3.23. The third kappa shape index (κ3) is 1.61. The minimum atomic E-state index is 0.712. The quantitative estimate of drug-likeness (QED) is 0.654. The topological polar surface area (TPSA) is 38.5 Å². The van der Waals surface area contributed by atoms with Gasteiger partial charge in [0.15, 0.2) is 10.4 Å². The van der Waals surface area contributed by atoms with E-state index >= 15 is 0 Å². The van der Waals surface area contributed by atoms with E-state index in [1.807, 2.05) is 22.4 Å². The van der Waals surface area contributed by atoms with Crippen LogP contribution in [0.25, 0.3) is 11.2 Å². The molecule has 0 unspecified atom stereocenters. The number of aryl methyl sites for hydroxylation is 2. The Morgan fingerprint density at radius 1 is 1.56 bits per heavy atom. The van der Waals surface area contributed by atoms with Crippen molar-refractivity contribution in [1.29, 1.82) is 0 Å². The molecular weight excluding hydrogens is 220 g/mol. The molecule has 0 fully saturated rings. The molecule has 2 rings (SSSR count). The largest absolute Gasteiger partial charge is 0.328 e. The van der Waals surface area contributed by atoms with Gasteiger partial charge in [-0.05, 0) is 18.6 Å². The van der Waals surface area contributed by atoms with Gasteiger partial charge in [-0.1, -0.05) is 19.4 Å². The molecule has 0 aliphatic heterocycles. The average Bonchev–Trinajstić information content (AvgIpc) is 2.70. The first-order chi connectivity index (χ1) is 7.69. The molecule has 0 spiro atoms. The second-order valence-corrected chi connectivity index (χ2v) is 4.24. The minimum absolute atomic E-state index is 0.712. The predicted octanol–water partition coefficient (Wildman–Crippen LogP) is 2.57. The average molecular weight is 236 g/mol. The molecule has 5 heteroatoms. The van der Waals surface area contributed by atoms with Crippen molar-refractivity contribution in [3.63, 3.8) is 0 Å². The third-order valence-corrected chi connectivity index (χ3v) is 2.94. The molecule has 0 atom stereocenters. The van der Waals surface area contributed by atoms with Crippen LogP contribution in [-0.2, 0) is 20.0 Å². The fourth-order valence-corrected chi connectivity index (χ4v) is 2.25. The highest BCUT2D eigenvalue weighted by atomic mass is 32.1. The van der Waals surface area contributed by atoms with Crippen molar-refractivity contribution in [3.05, 3.63) is 23.1 Å². The lowest BCUT2D eigenvalue weighted by Gasteiger charge is -1.99. The van der Waals surface area contributed by atoms with E-state index in [0.717, 1.165) is 34.5 Å². The number of allylic oxidation sites excluding steroid dienone is 1. The Bertz CT molecular complexity index is 573. The summed E-state index contributed by atoms with van der Waals surface area (Å²) >= 11 is 5.29. The van der Waals surface area contributed by atoms with E-state index in [9.17, 15) is 0 Å². The number of imidazole rings is 1. The first-order valence-electron chi connectivity index (χ1n) is 5.44. The smallest absolute Gasteiger partial charge is 0.179 e. The van der Waals surface area contributed by atoms with Crippen molar-refractivity contribution in [2.75, 3.05) is 0 Å². The van der Waals surface area contributed by atoms with E-state index in [1.165, 1.54) is 0 Å². The van der Waals surface area contributed by atoms with Crippen molar-refractivity contribution < 1.29 is 0 Å². The molecule has 0 amide bonds. The van der Waals surface area contributed by atoms with Gasteiger partial charge in [-0.25, -0.2) is 0 Å². The first kappa shape index (κ1) is 11.1. The zero-order valence-corrected chi connectivity index (χ0v) is 10.5. The summed E-state index contributed by atoms with van der Waals surface area (Å²) in [6.45, 7) is 6.61. The van der Waals surface area contributed by atoms with Gasteiger partial charge in [0.05, 0.1) is 5.69 Å². The number of fused-ring (bicyclic) bond motifs is 1. The van der Waals surface area contributed by atoms with Gasteiger partial charge < -0.3 is 4.98 Å². The van der Waals surface area contributed by atoms with Crippen LogP contribution in [0.4, 0.5) is 0 Å². The molecule has 0 aliphatic carbocycles. The third-order valence-electron chi connectivity index (χ3n) is 2.62. The van der Waals surface area contributed by atoms with Gasteiger partial charge >= 0.3 is 0 Å². The molecule has 0 saturated heterocycles. The van der Waals surface area contributed by atoms with E-state index in [0.29, 0.717) is 6.54 Å². The molecule has 2 aromatic rings. The van der Waals surface area contributed by atoms with Crippen molar-refractivity contribution in [3.8, 4) is 0 Å². The summed E-state index contributed by atoms with van der Waals surface area (Å²) in [5.74, 6) is 0. The number of hydrogen-bond acceptors (Lipinski definition) is 2. The van der Waals surface area contributed by atoms with E-state index in [2.05, 4.69) is 23.6 Å². The van der Waals surface area contributed by atoms with Gasteiger partial charge in [0.2, 0.25) is 0 Å². The summed E-state index contributed by atoms with van der Waals surface area (Å²) in [6.07, 6.45) is 3.90. The van der Waals surface area contributed by atoms with Crippen LogP contribution in [-0.4, -0.2) is 19.3 Å². The van der Waals surface area contributed by atoms with Gasteiger partial charge in [-0.2, -0.15) is 5.10 Å².